The van der Waals surface area contributed by atoms with Crippen molar-refractivity contribution < 1.29 is 4.79 Å². The largest absolute Gasteiger partial charge is 0.321 e. The van der Waals surface area contributed by atoms with Crippen LogP contribution in [0.4, 0.5) is 5.69 Å². The minimum Gasteiger partial charge on any atom is -0.321 e. The van der Waals surface area contributed by atoms with Crippen molar-refractivity contribution in [3.63, 3.8) is 0 Å². The third-order valence-electron chi connectivity index (χ3n) is 2.62. The van der Waals surface area contributed by atoms with Gasteiger partial charge < -0.3 is 5.32 Å². The number of carbonyl (C=O) groups is 1. The standard InChI is InChI=1S/C14H10BrClINO/c1-8-3-2-4-10(13(8)15)14(19)18-12-6-5-9(17)7-11(12)16/h2-7H,1H3,(H,18,19). The van der Waals surface area contributed by atoms with Gasteiger partial charge in [0.15, 0.2) is 0 Å². The van der Waals surface area contributed by atoms with Gasteiger partial charge in [0.05, 0.1) is 16.3 Å². The molecule has 0 heterocycles. The Kier molecular flexibility index (Phi) is 4.86. The molecule has 1 amide bonds. The van der Waals surface area contributed by atoms with E-state index in [1.807, 2.05) is 31.2 Å². The number of anilines is 1. The molecular formula is C14H10BrClINO. The number of carbonyl (C=O) groups excluding carboxylic acids is 1. The number of halogens is 3. The van der Waals surface area contributed by atoms with Crippen molar-refractivity contribution in [3.8, 4) is 0 Å². The van der Waals surface area contributed by atoms with Gasteiger partial charge in [0.1, 0.15) is 0 Å². The second kappa shape index (κ2) is 6.24. The Morgan fingerprint density at radius 2 is 2.05 bits per heavy atom. The van der Waals surface area contributed by atoms with Crippen LogP contribution in [0.3, 0.4) is 0 Å². The zero-order valence-corrected chi connectivity index (χ0v) is 14.5. The zero-order chi connectivity index (χ0) is 14.0. The average Bonchev–Trinajstić information content (AvgIpc) is 2.36. The van der Waals surface area contributed by atoms with Crippen LogP contribution >= 0.6 is 50.1 Å². The topological polar surface area (TPSA) is 29.1 Å². The molecule has 0 spiro atoms. The summed E-state index contributed by atoms with van der Waals surface area (Å²) in [4.78, 5) is 12.2. The molecule has 2 rings (SSSR count). The van der Waals surface area contributed by atoms with Gasteiger partial charge >= 0.3 is 0 Å². The van der Waals surface area contributed by atoms with Crippen molar-refractivity contribution >= 4 is 61.7 Å². The molecule has 0 aliphatic carbocycles. The van der Waals surface area contributed by atoms with Gasteiger partial charge in [-0.3, -0.25) is 4.79 Å². The van der Waals surface area contributed by atoms with Gasteiger partial charge in [-0.05, 0) is 75.3 Å². The molecule has 0 radical (unpaired) electrons. The summed E-state index contributed by atoms with van der Waals surface area (Å²) in [5.74, 6) is -0.182. The molecule has 5 heteroatoms. The molecule has 2 aromatic rings. The molecular weight excluding hydrogens is 440 g/mol. The van der Waals surface area contributed by atoms with Gasteiger partial charge in [0.2, 0.25) is 0 Å². The highest BCUT2D eigenvalue weighted by Gasteiger charge is 2.12. The lowest BCUT2D eigenvalue weighted by Gasteiger charge is -2.10. The summed E-state index contributed by atoms with van der Waals surface area (Å²) in [7, 11) is 0. The molecule has 98 valence electrons. The number of benzene rings is 2. The van der Waals surface area contributed by atoms with Gasteiger partial charge in [-0.25, -0.2) is 0 Å². The van der Waals surface area contributed by atoms with E-state index in [-0.39, 0.29) is 5.91 Å². The second-order valence-electron chi connectivity index (χ2n) is 4.01. The zero-order valence-electron chi connectivity index (χ0n) is 10.0. The Bertz CT molecular complexity index is 645. The molecule has 19 heavy (non-hydrogen) atoms. The lowest BCUT2D eigenvalue weighted by Crippen LogP contribution is -2.13. The SMILES string of the molecule is Cc1cccc(C(=O)Nc2ccc(I)cc2Cl)c1Br. The highest BCUT2D eigenvalue weighted by atomic mass is 127. The minimum atomic E-state index is -0.182. The van der Waals surface area contributed by atoms with E-state index in [0.717, 1.165) is 13.6 Å². The summed E-state index contributed by atoms with van der Waals surface area (Å²) in [5.41, 5.74) is 2.22. The van der Waals surface area contributed by atoms with Crippen molar-refractivity contribution in [3.05, 3.63) is 60.6 Å². The molecule has 0 aliphatic heterocycles. The van der Waals surface area contributed by atoms with Crippen LogP contribution in [0.5, 0.6) is 0 Å². The van der Waals surface area contributed by atoms with Crippen LogP contribution < -0.4 is 5.32 Å². The minimum absolute atomic E-state index is 0.182. The van der Waals surface area contributed by atoms with E-state index in [1.165, 1.54) is 0 Å². The molecule has 0 saturated heterocycles. The highest BCUT2D eigenvalue weighted by Crippen LogP contribution is 2.26. The third kappa shape index (κ3) is 3.49. The van der Waals surface area contributed by atoms with Crippen LogP contribution in [-0.4, -0.2) is 5.91 Å². The maximum atomic E-state index is 12.2. The Labute approximate surface area is 138 Å². The first-order valence-corrected chi connectivity index (χ1v) is 7.75. The predicted molar refractivity (Wildman–Crippen MR) is 91.0 cm³/mol. The number of nitrogens with one attached hydrogen (secondary N) is 1. The van der Waals surface area contributed by atoms with Crippen molar-refractivity contribution in [1.29, 1.82) is 0 Å². The van der Waals surface area contributed by atoms with Crippen LogP contribution in [0.1, 0.15) is 15.9 Å². The van der Waals surface area contributed by atoms with Gasteiger partial charge in [-0.2, -0.15) is 0 Å². The highest BCUT2D eigenvalue weighted by molar-refractivity contribution is 14.1. The molecule has 0 aliphatic rings. The van der Waals surface area contributed by atoms with Crippen LogP contribution in [0.15, 0.2) is 40.9 Å². The fourth-order valence-electron chi connectivity index (χ4n) is 1.60. The number of hydrogen-bond donors (Lipinski definition) is 1. The predicted octanol–water partition coefficient (Wildman–Crippen LogP) is 5.27. The Morgan fingerprint density at radius 3 is 2.74 bits per heavy atom. The van der Waals surface area contributed by atoms with Crippen molar-refractivity contribution in [2.75, 3.05) is 5.32 Å². The molecule has 0 unspecified atom stereocenters. The van der Waals surface area contributed by atoms with Crippen LogP contribution in [-0.2, 0) is 0 Å². The van der Waals surface area contributed by atoms with E-state index in [9.17, 15) is 4.79 Å². The smallest absolute Gasteiger partial charge is 0.256 e. The lowest BCUT2D eigenvalue weighted by molar-refractivity contribution is 0.102. The second-order valence-corrected chi connectivity index (χ2v) is 6.46. The summed E-state index contributed by atoms with van der Waals surface area (Å²) in [6.45, 7) is 1.94. The van der Waals surface area contributed by atoms with E-state index in [4.69, 9.17) is 11.6 Å². The van der Waals surface area contributed by atoms with Gasteiger partial charge in [-0.1, -0.05) is 23.7 Å². The number of hydrogen-bond acceptors (Lipinski definition) is 1. The van der Waals surface area contributed by atoms with E-state index < -0.39 is 0 Å². The first-order chi connectivity index (χ1) is 8.99. The lowest BCUT2D eigenvalue weighted by atomic mass is 10.1. The quantitative estimate of drug-likeness (QED) is 0.621. The van der Waals surface area contributed by atoms with Gasteiger partial charge in [0, 0.05) is 8.04 Å². The fraction of sp³-hybridized carbons (Fsp3) is 0.0714. The van der Waals surface area contributed by atoms with Gasteiger partial charge in [-0.15, -0.1) is 0 Å². The Morgan fingerprint density at radius 1 is 1.32 bits per heavy atom. The Hall–Kier alpha value is -0.590. The average molecular weight is 451 g/mol. The van der Waals surface area contributed by atoms with Gasteiger partial charge in [0.25, 0.3) is 5.91 Å². The van der Waals surface area contributed by atoms with Crippen LogP contribution in [0.2, 0.25) is 5.02 Å². The summed E-state index contributed by atoms with van der Waals surface area (Å²) < 4.78 is 1.83. The molecule has 0 fully saturated rings. The molecule has 1 N–H and O–H groups in total. The molecule has 2 nitrogen and oxygen atoms in total. The molecule has 2 aromatic carbocycles. The third-order valence-corrected chi connectivity index (χ3v) is 4.65. The number of amides is 1. The Balaban J connectivity index is 2.28. The van der Waals surface area contributed by atoms with E-state index in [0.29, 0.717) is 16.3 Å². The molecule has 0 aromatic heterocycles. The summed E-state index contributed by atoms with van der Waals surface area (Å²) >= 11 is 11.7. The van der Waals surface area contributed by atoms with Crippen molar-refractivity contribution in [2.45, 2.75) is 6.92 Å². The number of rotatable bonds is 2. The van der Waals surface area contributed by atoms with Crippen LogP contribution in [0, 0.1) is 10.5 Å². The molecule has 0 atom stereocenters. The van der Waals surface area contributed by atoms with E-state index in [2.05, 4.69) is 43.8 Å². The maximum absolute atomic E-state index is 12.2. The monoisotopic (exact) mass is 449 g/mol. The van der Waals surface area contributed by atoms with E-state index >= 15 is 0 Å². The van der Waals surface area contributed by atoms with Crippen molar-refractivity contribution in [1.82, 2.24) is 0 Å². The summed E-state index contributed by atoms with van der Waals surface area (Å²) in [5, 5.41) is 3.35. The first kappa shape index (κ1) is 14.8. The summed E-state index contributed by atoms with van der Waals surface area (Å²) in [6.07, 6.45) is 0. The normalized spacial score (nSPS) is 10.3. The summed E-state index contributed by atoms with van der Waals surface area (Å²) in [6, 6.07) is 11.1. The maximum Gasteiger partial charge on any atom is 0.256 e. The van der Waals surface area contributed by atoms with E-state index in [1.54, 1.807) is 12.1 Å². The molecule has 0 bridgehead atoms. The van der Waals surface area contributed by atoms with Crippen LogP contribution in [0.25, 0.3) is 0 Å². The first-order valence-electron chi connectivity index (χ1n) is 5.50. The molecule has 0 saturated carbocycles. The number of aryl methyl sites for hydroxylation is 1. The fourth-order valence-corrected chi connectivity index (χ4v) is 2.95. The van der Waals surface area contributed by atoms with Crippen molar-refractivity contribution in [2.24, 2.45) is 0 Å².